The second kappa shape index (κ2) is 60.7. The molecule has 0 fully saturated rings. The van der Waals surface area contributed by atoms with Gasteiger partial charge in [-0.2, -0.15) is 0 Å². The Morgan fingerprint density at radius 1 is 0.268 bits per heavy atom. The summed E-state index contributed by atoms with van der Waals surface area (Å²) in [5.74, 6) is -0.843. The maximum absolute atomic E-state index is 12.9. The molecule has 6 nitrogen and oxygen atoms in total. The lowest BCUT2D eigenvalue weighted by Gasteiger charge is -2.18. The van der Waals surface area contributed by atoms with E-state index in [0.29, 0.717) is 19.3 Å². The number of carbonyl (C=O) groups is 3. The average molecular weight is 1000 g/mol. The number of ether oxygens (including phenoxy) is 3. The van der Waals surface area contributed by atoms with Crippen molar-refractivity contribution in [2.24, 2.45) is 0 Å². The van der Waals surface area contributed by atoms with Gasteiger partial charge < -0.3 is 14.2 Å². The van der Waals surface area contributed by atoms with Crippen LogP contribution in [0.4, 0.5) is 0 Å². The molecule has 1 unspecified atom stereocenters. The number of carbonyl (C=O) groups excluding carboxylic acids is 3. The standard InChI is InChI=1S/C65H124O6/c1-4-7-10-13-16-19-22-25-28-31-33-35-37-40-43-46-49-52-55-58-64(67)70-61-62(60-69-63(66)57-54-51-48-45-42-39-36-30-27-24-21-18-15-12-9-6-3)71-65(68)59-56-53-50-47-44-41-38-34-32-29-26-23-20-17-14-11-8-5-2/h34,38,62H,4-33,35-37,39-61H2,1-3H3/b38-34-. The number of rotatable bonds is 60. The van der Waals surface area contributed by atoms with Crippen molar-refractivity contribution in [3.63, 3.8) is 0 Å². The highest BCUT2D eigenvalue weighted by Crippen LogP contribution is 2.18. The maximum Gasteiger partial charge on any atom is 0.306 e. The van der Waals surface area contributed by atoms with Crippen molar-refractivity contribution in [1.82, 2.24) is 0 Å². The van der Waals surface area contributed by atoms with Crippen molar-refractivity contribution < 1.29 is 28.6 Å². The van der Waals surface area contributed by atoms with Gasteiger partial charge in [0.15, 0.2) is 6.10 Å². The van der Waals surface area contributed by atoms with Gasteiger partial charge in [0.25, 0.3) is 0 Å². The summed E-state index contributed by atoms with van der Waals surface area (Å²) in [6.45, 7) is 6.71. The molecule has 0 heterocycles. The van der Waals surface area contributed by atoms with Crippen LogP contribution in [-0.2, 0) is 28.6 Å². The van der Waals surface area contributed by atoms with Gasteiger partial charge in [-0.25, -0.2) is 0 Å². The normalized spacial score (nSPS) is 12.0. The molecule has 0 amide bonds. The van der Waals surface area contributed by atoms with E-state index in [0.717, 1.165) is 64.2 Å². The number of hydrogen-bond acceptors (Lipinski definition) is 6. The summed E-state index contributed by atoms with van der Waals surface area (Å²) in [6.07, 6.45) is 70.7. The molecule has 0 aromatic heterocycles. The van der Waals surface area contributed by atoms with E-state index in [1.165, 1.54) is 263 Å². The smallest absolute Gasteiger partial charge is 0.306 e. The third-order valence-electron chi connectivity index (χ3n) is 14.8. The van der Waals surface area contributed by atoms with Crippen LogP contribution in [0.1, 0.15) is 367 Å². The molecule has 71 heavy (non-hydrogen) atoms. The molecule has 0 radical (unpaired) electrons. The van der Waals surface area contributed by atoms with Crippen LogP contribution >= 0.6 is 0 Å². The molecule has 0 spiro atoms. The minimum Gasteiger partial charge on any atom is -0.462 e. The molecule has 0 saturated carbocycles. The van der Waals surface area contributed by atoms with Gasteiger partial charge in [-0.3, -0.25) is 14.4 Å². The third kappa shape index (κ3) is 58.9. The van der Waals surface area contributed by atoms with E-state index in [2.05, 4.69) is 32.9 Å². The number of allylic oxidation sites excluding steroid dienone is 2. The predicted molar refractivity (Wildman–Crippen MR) is 307 cm³/mol. The molecule has 6 heteroatoms. The van der Waals surface area contributed by atoms with Crippen molar-refractivity contribution >= 4 is 17.9 Å². The van der Waals surface area contributed by atoms with E-state index in [1.807, 2.05) is 0 Å². The van der Waals surface area contributed by atoms with Gasteiger partial charge in [0.1, 0.15) is 13.2 Å². The summed E-state index contributed by atoms with van der Waals surface area (Å²) in [4.78, 5) is 38.3. The lowest BCUT2D eigenvalue weighted by atomic mass is 10.0. The van der Waals surface area contributed by atoms with Gasteiger partial charge >= 0.3 is 17.9 Å². The molecule has 0 aromatic carbocycles. The van der Waals surface area contributed by atoms with Crippen LogP contribution in [-0.4, -0.2) is 37.2 Å². The average Bonchev–Trinajstić information content (AvgIpc) is 3.37. The van der Waals surface area contributed by atoms with Crippen LogP contribution < -0.4 is 0 Å². The molecule has 0 bridgehead atoms. The van der Waals surface area contributed by atoms with E-state index in [4.69, 9.17) is 14.2 Å². The topological polar surface area (TPSA) is 78.9 Å². The minimum absolute atomic E-state index is 0.0668. The zero-order valence-corrected chi connectivity index (χ0v) is 48.3. The molecule has 0 aliphatic rings. The first-order valence-electron chi connectivity index (χ1n) is 32.2. The van der Waals surface area contributed by atoms with Crippen LogP contribution in [0.5, 0.6) is 0 Å². The fourth-order valence-corrected chi connectivity index (χ4v) is 9.91. The first-order chi connectivity index (χ1) is 35.0. The first kappa shape index (κ1) is 69.2. The molecular formula is C65H124O6. The SMILES string of the molecule is CCCCCCCCCCC/C=C\CCCCCCCC(=O)OC(COC(=O)CCCCCCCCCCCCCCCCCC)COC(=O)CCCCCCCCCCCCCCCCCCCCC. The van der Waals surface area contributed by atoms with Crippen LogP contribution in [0.2, 0.25) is 0 Å². The van der Waals surface area contributed by atoms with Crippen molar-refractivity contribution in [3.05, 3.63) is 12.2 Å². The fraction of sp³-hybridized carbons (Fsp3) is 0.923. The third-order valence-corrected chi connectivity index (χ3v) is 14.8. The summed E-state index contributed by atoms with van der Waals surface area (Å²) >= 11 is 0. The monoisotopic (exact) mass is 1000 g/mol. The van der Waals surface area contributed by atoms with Gasteiger partial charge in [-0.15, -0.1) is 0 Å². The summed E-state index contributed by atoms with van der Waals surface area (Å²) in [6, 6.07) is 0. The zero-order valence-electron chi connectivity index (χ0n) is 48.3. The van der Waals surface area contributed by atoms with Gasteiger partial charge in [0.2, 0.25) is 0 Å². The molecule has 1 atom stereocenters. The highest BCUT2D eigenvalue weighted by atomic mass is 16.6. The number of esters is 3. The molecule has 0 N–H and O–H groups in total. The van der Waals surface area contributed by atoms with Gasteiger partial charge in [-0.1, -0.05) is 315 Å². The van der Waals surface area contributed by atoms with Crippen molar-refractivity contribution in [2.75, 3.05) is 13.2 Å². The number of unbranched alkanes of at least 4 members (excludes halogenated alkanes) is 47. The Labute approximate surface area is 443 Å². The van der Waals surface area contributed by atoms with E-state index >= 15 is 0 Å². The fourth-order valence-electron chi connectivity index (χ4n) is 9.91. The highest BCUT2D eigenvalue weighted by Gasteiger charge is 2.19. The Kier molecular flexibility index (Phi) is 59.1. The van der Waals surface area contributed by atoms with E-state index in [-0.39, 0.29) is 31.1 Å². The Bertz CT molecular complexity index is 1100. The van der Waals surface area contributed by atoms with Crippen LogP contribution in [0.3, 0.4) is 0 Å². The molecule has 420 valence electrons. The maximum atomic E-state index is 12.9. The zero-order chi connectivity index (χ0) is 51.4. The van der Waals surface area contributed by atoms with Crippen molar-refractivity contribution in [2.45, 2.75) is 374 Å². The molecule has 0 aliphatic heterocycles. The van der Waals surface area contributed by atoms with E-state index < -0.39 is 6.10 Å². The lowest BCUT2D eigenvalue weighted by molar-refractivity contribution is -0.167. The van der Waals surface area contributed by atoms with Gasteiger partial charge in [0, 0.05) is 19.3 Å². The summed E-state index contributed by atoms with van der Waals surface area (Å²) < 4.78 is 17.0. The predicted octanol–water partition coefficient (Wildman–Crippen LogP) is 21.7. The van der Waals surface area contributed by atoms with E-state index in [1.54, 1.807) is 0 Å². The highest BCUT2D eigenvalue weighted by molar-refractivity contribution is 5.71. The van der Waals surface area contributed by atoms with Gasteiger partial charge in [0.05, 0.1) is 0 Å². The van der Waals surface area contributed by atoms with Crippen LogP contribution in [0.15, 0.2) is 12.2 Å². The van der Waals surface area contributed by atoms with E-state index in [9.17, 15) is 14.4 Å². The Morgan fingerprint density at radius 2 is 0.465 bits per heavy atom. The van der Waals surface area contributed by atoms with Crippen molar-refractivity contribution in [3.8, 4) is 0 Å². The second-order valence-electron chi connectivity index (χ2n) is 22.0. The number of hydrogen-bond donors (Lipinski definition) is 0. The van der Waals surface area contributed by atoms with Gasteiger partial charge in [-0.05, 0) is 44.9 Å². The largest absolute Gasteiger partial charge is 0.462 e. The second-order valence-corrected chi connectivity index (χ2v) is 22.0. The first-order valence-corrected chi connectivity index (χ1v) is 32.2. The molecule has 0 rings (SSSR count). The van der Waals surface area contributed by atoms with Crippen LogP contribution in [0, 0.1) is 0 Å². The molecular weight excluding hydrogens is 877 g/mol. The van der Waals surface area contributed by atoms with Crippen molar-refractivity contribution in [1.29, 1.82) is 0 Å². The lowest BCUT2D eigenvalue weighted by Crippen LogP contribution is -2.30. The Balaban J connectivity index is 4.31. The Morgan fingerprint density at radius 3 is 0.704 bits per heavy atom. The van der Waals surface area contributed by atoms with Crippen LogP contribution in [0.25, 0.3) is 0 Å². The Hall–Kier alpha value is -1.85. The molecule has 0 aliphatic carbocycles. The minimum atomic E-state index is -0.770. The molecule has 0 saturated heterocycles. The molecule has 0 aromatic rings. The summed E-state index contributed by atoms with van der Waals surface area (Å²) in [5.41, 5.74) is 0. The summed E-state index contributed by atoms with van der Waals surface area (Å²) in [7, 11) is 0. The summed E-state index contributed by atoms with van der Waals surface area (Å²) in [5, 5.41) is 0. The quantitative estimate of drug-likeness (QED) is 0.0261.